The highest BCUT2D eigenvalue weighted by atomic mass is 16.7. The van der Waals surface area contributed by atoms with E-state index >= 15 is 0 Å². The Balaban J connectivity index is 1.54. The molecule has 6 rings (SSSR count). The minimum absolute atomic E-state index is 0.0265. The summed E-state index contributed by atoms with van der Waals surface area (Å²) >= 11 is 0. The number of likely N-dealkylation sites (tertiary alicyclic amines) is 1. The molecule has 10 unspecified atom stereocenters. The van der Waals surface area contributed by atoms with Gasteiger partial charge in [-0.05, 0) is 25.8 Å². The lowest BCUT2D eigenvalue weighted by atomic mass is 9.78. The largest absolute Gasteiger partial charge is 0.507 e. The zero-order chi connectivity index (χ0) is 44.9. The fourth-order valence-electron chi connectivity index (χ4n) is 9.35. The van der Waals surface area contributed by atoms with Gasteiger partial charge in [0, 0.05) is 99.2 Å². The Morgan fingerprint density at radius 3 is 2.25 bits per heavy atom. The van der Waals surface area contributed by atoms with Gasteiger partial charge in [0.15, 0.2) is 17.5 Å². The van der Waals surface area contributed by atoms with E-state index in [1.165, 1.54) is 20.3 Å². The average molecular weight is 849 g/mol. The molecular weight excluding hydrogens is 785 g/mol. The Morgan fingerprint density at radius 2 is 1.62 bits per heavy atom. The molecule has 0 radical (unpaired) electrons. The zero-order valence-electron chi connectivity index (χ0n) is 37.2. The average Bonchev–Trinajstić information content (AvgIpc) is 3.71. The number of nitrogens with one attached hydrogen (secondary N) is 1. The van der Waals surface area contributed by atoms with Crippen molar-refractivity contribution in [1.82, 2.24) is 4.90 Å². The van der Waals surface area contributed by atoms with Gasteiger partial charge in [0.05, 0.1) is 35.3 Å². The number of rotatable bonds is 4. The van der Waals surface area contributed by atoms with E-state index in [0.717, 1.165) is 19.6 Å². The van der Waals surface area contributed by atoms with Gasteiger partial charge in [0.25, 0.3) is 11.7 Å². The molecule has 1 saturated heterocycles. The van der Waals surface area contributed by atoms with Gasteiger partial charge >= 0.3 is 5.97 Å². The van der Waals surface area contributed by atoms with Gasteiger partial charge in [-0.3, -0.25) is 19.6 Å². The molecule has 4 aliphatic heterocycles. The van der Waals surface area contributed by atoms with Crippen LogP contribution in [-0.4, -0.2) is 105 Å². The van der Waals surface area contributed by atoms with E-state index in [9.17, 15) is 35.1 Å². The number of phenols is 2. The Hall–Kier alpha value is -4.54. The first-order chi connectivity index (χ1) is 28.6. The minimum atomic E-state index is -1.76. The molecule has 4 heterocycles. The number of ether oxygens (including phenoxy) is 4. The summed E-state index contributed by atoms with van der Waals surface area (Å²) in [5.41, 5.74) is -0.243. The molecule has 4 aliphatic rings. The zero-order valence-corrected chi connectivity index (χ0v) is 37.2. The fourth-order valence-corrected chi connectivity index (χ4v) is 9.35. The smallest absolute Gasteiger partial charge is 0.302 e. The van der Waals surface area contributed by atoms with Crippen LogP contribution >= 0.6 is 0 Å². The Morgan fingerprint density at radius 1 is 0.967 bits per heavy atom. The second-order valence-electron chi connectivity index (χ2n) is 18.1. The summed E-state index contributed by atoms with van der Waals surface area (Å²) in [4.78, 5) is 39.1. The van der Waals surface area contributed by atoms with Crippen LogP contribution in [0.1, 0.15) is 92.4 Å². The molecule has 1 fully saturated rings. The highest BCUT2D eigenvalue weighted by Gasteiger charge is 2.50. The highest BCUT2D eigenvalue weighted by molar-refractivity contribution is 6.08. The van der Waals surface area contributed by atoms with Crippen molar-refractivity contribution in [2.45, 2.75) is 124 Å². The summed E-state index contributed by atoms with van der Waals surface area (Å²) in [6.07, 6.45) is 3.79. The number of amides is 1. The normalized spacial score (nSPS) is 32.0. The number of fused-ring (bicyclic) bond motifs is 1. The number of anilines is 1. The molecule has 0 aromatic heterocycles. The van der Waals surface area contributed by atoms with Gasteiger partial charge < -0.3 is 54.7 Å². The number of carbonyl (C=O) groups is 2. The second-order valence-corrected chi connectivity index (χ2v) is 18.1. The van der Waals surface area contributed by atoms with Crippen molar-refractivity contribution in [3.8, 4) is 17.2 Å². The summed E-state index contributed by atoms with van der Waals surface area (Å²) in [5, 5.41) is 62.8. The van der Waals surface area contributed by atoms with Gasteiger partial charge in [-0.1, -0.05) is 59.8 Å². The number of benzene rings is 2. The minimum Gasteiger partial charge on any atom is -0.507 e. The molecule has 2 aromatic rings. The van der Waals surface area contributed by atoms with Crippen molar-refractivity contribution in [1.29, 1.82) is 0 Å². The molecule has 4 bridgehead atoms. The van der Waals surface area contributed by atoms with Gasteiger partial charge in [0.1, 0.15) is 28.6 Å². The number of aliphatic hydroxyl groups is 3. The molecule has 6 N–H and O–H groups in total. The number of hydrogen-bond acceptors (Lipinski definition) is 14. The van der Waals surface area contributed by atoms with Crippen LogP contribution < -0.4 is 20.8 Å². The molecular formula is C46H64N4O11. The Kier molecular flexibility index (Phi) is 13.3. The molecule has 15 heteroatoms. The van der Waals surface area contributed by atoms with Crippen molar-refractivity contribution in [2.24, 2.45) is 39.6 Å². The van der Waals surface area contributed by atoms with Gasteiger partial charge in [-0.25, -0.2) is 0 Å². The van der Waals surface area contributed by atoms with Crippen molar-refractivity contribution < 1.29 is 54.1 Å². The first-order valence-corrected chi connectivity index (χ1v) is 21.4. The standard InChI is InChI=1S/C46H64N4O11/c1-22(2)21-50-18-16-46(17-19-50)48-34-31-32-39(54)28(8)42-33(31)43(56)45(10,61-42)59-20-15-30(58-11)25(5)41(60-29(9)51)27(7)38(53)26(6)37(52)23(3)13-12-14-24(4)44(57)47-36(40(32)55)35(34)49-46/h12-15,20,22-23,25-27,30,37-38,41,43,52-56H,16-19,21H2,1-11H3,(H,47,57). The topological polar surface area (TPSA) is 212 Å². The number of aliphatic hydroxyl groups excluding tert-OH is 3. The summed E-state index contributed by atoms with van der Waals surface area (Å²) in [6, 6.07) is 0. The molecule has 1 amide bonds. The SMILES string of the molecule is COC1C=COC2(C)Oc3c(C)c(O)c4c(O)c(c5c(c4c3C2O)=NC2(CCN(CC(C)C)CC2)N=5)NC(=O)C(C)=CC=CC(C)C(O)C(C)C(O)C(C)C(OC(C)=O)C1C. The van der Waals surface area contributed by atoms with Gasteiger partial charge in [-0.2, -0.15) is 0 Å². The summed E-state index contributed by atoms with van der Waals surface area (Å²) in [7, 11) is 1.48. The van der Waals surface area contributed by atoms with Crippen LogP contribution in [-0.2, 0) is 23.8 Å². The van der Waals surface area contributed by atoms with Crippen LogP contribution in [0, 0.1) is 36.5 Å². The maximum atomic E-state index is 13.9. The molecule has 2 aromatic carbocycles. The summed E-state index contributed by atoms with van der Waals surface area (Å²) in [5.74, 6) is -5.36. The van der Waals surface area contributed by atoms with E-state index in [-0.39, 0.29) is 50.0 Å². The van der Waals surface area contributed by atoms with Crippen LogP contribution in [0.25, 0.3) is 10.8 Å². The summed E-state index contributed by atoms with van der Waals surface area (Å²) < 4.78 is 24.2. The van der Waals surface area contributed by atoms with Crippen molar-refractivity contribution in [3.63, 3.8) is 0 Å². The first-order valence-electron chi connectivity index (χ1n) is 21.4. The third-order valence-electron chi connectivity index (χ3n) is 13.1. The first kappa shape index (κ1) is 46.0. The summed E-state index contributed by atoms with van der Waals surface area (Å²) in [6.45, 7) is 19.8. The van der Waals surface area contributed by atoms with Crippen LogP contribution in [0.15, 0.2) is 46.1 Å². The van der Waals surface area contributed by atoms with Crippen LogP contribution in [0.5, 0.6) is 17.2 Å². The molecule has 1 spiro atoms. The number of carbonyl (C=O) groups excluding carboxylic acids is 2. The number of methoxy groups -OCH3 is 1. The van der Waals surface area contributed by atoms with E-state index in [1.807, 2.05) is 6.92 Å². The number of hydrogen-bond donors (Lipinski definition) is 6. The molecule has 0 saturated carbocycles. The van der Waals surface area contributed by atoms with Crippen LogP contribution in [0.3, 0.4) is 0 Å². The molecule has 334 valence electrons. The van der Waals surface area contributed by atoms with Crippen molar-refractivity contribution in [3.05, 3.63) is 58.0 Å². The Labute approximate surface area is 357 Å². The fraction of sp³-hybridized carbons (Fsp3) is 0.609. The monoisotopic (exact) mass is 848 g/mol. The highest BCUT2D eigenvalue weighted by Crippen LogP contribution is 2.54. The van der Waals surface area contributed by atoms with E-state index in [0.29, 0.717) is 24.1 Å². The molecule has 10 atom stereocenters. The lowest BCUT2D eigenvalue weighted by molar-refractivity contribution is -0.181. The van der Waals surface area contributed by atoms with Gasteiger partial charge in [-0.15, -0.1) is 0 Å². The lowest BCUT2D eigenvalue weighted by Crippen LogP contribution is -2.46. The quantitative estimate of drug-likeness (QED) is 0.184. The number of phenolic OH excluding ortho intramolecular Hbond substituents is 2. The Bertz CT molecular complexity index is 2250. The number of allylic oxidation sites excluding steroid dienone is 2. The second kappa shape index (κ2) is 17.7. The van der Waals surface area contributed by atoms with E-state index in [2.05, 4.69) is 24.1 Å². The maximum Gasteiger partial charge on any atom is 0.302 e. The molecule has 15 nitrogen and oxygen atoms in total. The van der Waals surface area contributed by atoms with E-state index < -0.39 is 83.3 Å². The lowest BCUT2D eigenvalue weighted by Gasteiger charge is -2.38. The predicted octanol–water partition coefficient (Wildman–Crippen LogP) is 4.60. The molecule has 61 heavy (non-hydrogen) atoms. The van der Waals surface area contributed by atoms with Crippen LogP contribution in [0.2, 0.25) is 0 Å². The maximum absolute atomic E-state index is 13.9. The third-order valence-corrected chi connectivity index (χ3v) is 13.1. The van der Waals surface area contributed by atoms with Crippen molar-refractivity contribution in [2.75, 3.05) is 32.1 Å². The number of esters is 1. The third kappa shape index (κ3) is 8.64. The number of piperidine rings is 1. The predicted molar refractivity (Wildman–Crippen MR) is 228 cm³/mol. The van der Waals surface area contributed by atoms with E-state index in [1.54, 1.807) is 65.8 Å². The van der Waals surface area contributed by atoms with Crippen molar-refractivity contribution >= 4 is 28.3 Å². The number of aromatic hydroxyl groups is 2. The number of nitrogens with zero attached hydrogens (tertiary/aromatic N) is 3. The van der Waals surface area contributed by atoms with E-state index in [4.69, 9.17) is 28.9 Å². The van der Waals surface area contributed by atoms with Gasteiger partial charge in [0.2, 0.25) is 0 Å². The molecule has 0 aliphatic carbocycles. The van der Waals surface area contributed by atoms with Crippen LogP contribution in [0.4, 0.5) is 5.69 Å².